The summed E-state index contributed by atoms with van der Waals surface area (Å²) in [5.41, 5.74) is -0.0119. The van der Waals surface area contributed by atoms with Crippen LogP contribution in [0.2, 0.25) is 0 Å². The topological polar surface area (TPSA) is 49.7 Å². The molecule has 13 heavy (non-hydrogen) atoms. The third kappa shape index (κ3) is 3.46. The standard InChI is InChI=1S/C9H19NO2S/c1-6-7(9(2,3)4)8(10-11)13(5)12/h7,11H,6H2,1-5H3. The van der Waals surface area contributed by atoms with Gasteiger partial charge < -0.3 is 5.21 Å². The fourth-order valence-electron chi connectivity index (χ4n) is 1.48. The SMILES string of the molecule is CCC(C(=NO)S(C)=O)C(C)(C)C. The van der Waals surface area contributed by atoms with Crippen molar-refractivity contribution in [3.8, 4) is 0 Å². The Morgan fingerprint density at radius 3 is 2.08 bits per heavy atom. The van der Waals surface area contributed by atoms with Crippen LogP contribution in [0.5, 0.6) is 0 Å². The molecule has 0 saturated carbocycles. The Morgan fingerprint density at radius 1 is 1.54 bits per heavy atom. The number of hydrogen-bond acceptors (Lipinski definition) is 3. The summed E-state index contributed by atoms with van der Waals surface area (Å²) >= 11 is 0. The van der Waals surface area contributed by atoms with E-state index >= 15 is 0 Å². The van der Waals surface area contributed by atoms with Crippen molar-refractivity contribution in [2.75, 3.05) is 6.26 Å². The summed E-state index contributed by atoms with van der Waals surface area (Å²) in [5.74, 6) is 0.0725. The summed E-state index contributed by atoms with van der Waals surface area (Å²) in [6, 6.07) is 0. The molecule has 0 aliphatic heterocycles. The fraction of sp³-hybridized carbons (Fsp3) is 0.889. The predicted octanol–water partition coefficient (Wildman–Crippen LogP) is 2.22. The van der Waals surface area contributed by atoms with Crippen molar-refractivity contribution in [3.05, 3.63) is 0 Å². The van der Waals surface area contributed by atoms with E-state index in [1.807, 2.05) is 6.92 Å². The van der Waals surface area contributed by atoms with E-state index in [0.717, 1.165) is 6.42 Å². The highest BCUT2D eigenvalue weighted by atomic mass is 32.2. The molecule has 0 aromatic heterocycles. The molecule has 2 atom stereocenters. The summed E-state index contributed by atoms with van der Waals surface area (Å²) < 4.78 is 11.2. The van der Waals surface area contributed by atoms with Gasteiger partial charge in [0.15, 0.2) is 0 Å². The fourth-order valence-corrected chi connectivity index (χ4v) is 2.52. The molecule has 0 bridgehead atoms. The molecule has 0 aromatic rings. The van der Waals surface area contributed by atoms with E-state index in [1.165, 1.54) is 0 Å². The van der Waals surface area contributed by atoms with Crippen LogP contribution >= 0.6 is 0 Å². The Balaban J connectivity index is 4.87. The number of hydrogen-bond donors (Lipinski definition) is 1. The van der Waals surface area contributed by atoms with Crippen molar-refractivity contribution in [2.24, 2.45) is 16.5 Å². The van der Waals surface area contributed by atoms with Gasteiger partial charge in [-0.25, -0.2) is 0 Å². The molecule has 0 spiro atoms. The molecule has 0 saturated heterocycles. The number of rotatable bonds is 2. The van der Waals surface area contributed by atoms with E-state index in [1.54, 1.807) is 6.26 Å². The molecule has 3 nitrogen and oxygen atoms in total. The van der Waals surface area contributed by atoms with Gasteiger partial charge in [0, 0.05) is 12.2 Å². The first kappa shape index (κ1) is 12.6. The molecule has 0 aliphatic carbocycles. The molecule has 0 aromatic carbocycles. The third-order valence-corrected chi connectivity index (χ3v) is 3.10. The van der Waals surface area contributed by atoms with Gasteiger partial charge >= 0.3 is 0 Å². The highest BCUT2D eigenvalue weighted by Gasteiger charge is 2.30. The lowest BCUT2D eigenvalue weighted by molar-refractivity contribution is 0.281. The average molecular weight is 205 g/mol. The van der Waals surface area contributed by atoms with E-state index < -0.39 is 10.8 Å². The maximum Gasteiger partial charge on any atom is 0.146 e. The highest BCUT2D eigenvalue weighted by Crippen LogP contribution is 2.30. The monoisotopic (exact) mass is 205 g/mol. The van der Waals surface area contributed by atoms with Crippen molar-refractivity contribution in [2.45, 2.75) is 34.1 Å². The Morgan fingerprint density at radius 2 is 2.00 bits per heavy atom. The van der Waals surface area contributed by atoms with Gasteiger partial charge in [0.25, 0.3) is 0 Å². The quantitative estimate of drug-likeness (QED) is 0.325. The van der Waals surface area contributed by atoms with Crippen LogP contribution in [-0.4, -0.2) is 20.7 Å². The smallest absolute Gasteiger partial charge is 0.146 e. The van der Waals surface area contributed by atoms with E-state index in [-0.39, 0.29) is 11.3 Å². The lowest BCUT2D eigenvalue weighted by Crippen LogP contribution is -2.30. The largest absolute Gasteiger partial charge is 0.410 e. The molecule has 0 fully saturated rings. The van der Waals surface area contributed by atoms with E-state index in [9.17, 15) is 4.21 Å². The van der Waals surface area contributed by atoms with Gasteiger partial charge in [-0.05, 0) is 11.8 Å². The second-order valence-corrected chi connectivity index (χ2v) is 5.55. The molecule has 0 radical (unpaired) electrons. The first-order chi connectivity index (χ1) is 5.84. The Kier molecular flexibility index (Phi) is 4.61. The molecular formula is C9H19NO2S. The zero-order valence-electron chi connectivity index (χ0n) is 9.00. The van der Waals surface area contributed by atoms with Gasteiger partial charge in [-0.1, -0.05) is 32.9 Å². The summed E-state index contributed by atoms with van der Waals surface area (Å²) in [7, 11) is -1.18. The highest BCUT2D eigenvalue weighted by molar-refractivity contribution is 8.00. The third-order valence-electron chi connectivity index (χ3n) is 2.14. The molecule has 78 valence electrons. The second kappa shape index (κ2) is 4.74. The van der Waals surface area contributed by atoms with Crippen LogP contribution in [0.15, 0.2) is 5.16 Å². The summed E-state index contributed by atoms with van der Waals surface area (Å²) in [6.07, 6.45) is 2.38. The Hall–Kier alpha value is -0.380. The number of oxime groups is 1. The van der Waals surface area contributed by atoms with Gasteiger partial charge in [0.1, 0.15) is 5.04 Å². The van der Waals surface area contributed by atoms with E-state index in [0.29, 0.717) is 5.04 Å². The van der Waals surface area contributed by atoms with Crippen molar-refractivity contribution in [3.63, 3.8) is 0 Å². The van der Waals surface area contributed by atoms with Gasteiger partial charge in [-0.3, -0.25) is 4.21 Å². The van der Waals surface area contributed by atoms with Crippen LogP contribution in [0.1, 0.15) is 34.1 Å². The van der Waals surface area contributed by atoms with Crippen molar-refractivity contribution < 1.29 is 9.42 Å². The van der Waals surface area contributed by atoms with Crippen LogP contribution in [0.25, 0.3) is 0 Å². The first-order valence-corrected chi connectivity index (χ1v) is 5.95. The molecule has 0 rings (SSSR count). The van der Waals surface area contributed by atoms with Crippen LogP contribution in [0.4, 0.5) is 0 Å². The summed E-state index contributed by atoms with van der Waals surface area (Å²) in [6.45, 7) is 8.17. The van der Waals surface area contributed by atoms with E-state index in [2.05, 4.69) is 25.9 Å². The zero-order valence-corrected chi connectivity index (χ0v) is 9.81. The summed E-state index contributed by atoms with van der Waals surface area (Å²) in [5, 5.41) is 12.3. The Labute approximate surface area is 82.7 Å². The zero-order chi connectivity index (χ0) is 10.6. The minimum atomic E-state index is -1.18. The van der Waals surface area contributed by atoms with Crippen LogP contribution in [0.3, 0.4) is 0 Å². The maximum atomic E-state index is 11.2. The molecule has 4 heteroatoms. The lowest BCUT2D eigenvalue weighted by Gasteiger charge is -2.29. The van der Waals surface area contributed by atoms with Gasteiger partial charge in [0.2, 0.25) is 0 Å². The molecule has 0 amide bonds. The van der Waals surface area contributed by atoms with Crippen LogP contribution in [-0.2, 0) is 10.8 Å². The van der Waals surface area contributed by atoms with Crippen LogP contribution in [0, 0.1) is 11.3 Å². The predicted molar refractivity (Wildman–Crippen MR) is 56.5 cm³/mol. The number of nitrogens with zero attached hydrogens (tertiary/aromatic N) is 1. The summed E-state index contributed by atoms with van der Waals surface area (Å²) in [4.78, 5) is 0. The normalized spacial score (nSPS) is 18.4. The van der Waals surface area contributed by atoms with Crippen LogP contribution < -0.4 is 0 Å². The van der Waals surface area contributed by atoms with Crippen molar-refractivity contribution in [1.29, 1.82) is 0 Å². The minimum Gasteiger partial charge on any atom is -0.410 e. The average Bonchev–Trinajstić information content (AvgIpc) is 1.96. The maximum absolute atomic E-state index is 11.2. The van der Waals surface area contributed by atoms with Crippen molar-refractivity contribution in [1.82, 2.24) is 0 Å². The first-order valence-electron chi connectivity index (χ1n) is 4.40. The molecule has 0 aliphatic rings. The molecule has 1 N–H and O–H groups in total. The lowest BCUT2D eigenvalue weighted by atomic mass is 9.80. The van der Waals surface area contributed by atoms with Crippen molar-refractivity contribution >= 4 is 15.8 Å². The second-order valence-electron chi connectivity index (χ2n) is 4.22. The molecule has 0 heterocycles. The van der Waals surface area contributed by atoms with Gasteiger partial charge in [-0.15, -0.1) is 0 Å². The minimum absolute atomic E-state index is 0.0119. The van der Waals surface area contributed by atoms with E-state index in [4.69, 9.17) is 5.21 Å². The van der Waals surface area contributed by atoms with Gasteiger partial charge in [0.05, 0.1) is 10.8 Å². The molecular weight excluding hydrogens is 186 g/mol. The Bertz CT molecular complexity index is 218. The molecule has 2 unspecified atom stereocenters. The van der Waals surface area contributed by atoms with Gasteiger partial charge in [-0.2, -0.15) is 0 Å².